The van der Waals surface area contributed by atoms with E-state index in [1.54, 1.807) is 19.1 Å². The zero-order valence-electron chi connectivity index (χ0n) is 11.0. The molecule has 0 aliphatic carbocycles. The summed E-state index contributed by atoms with van der Waals surface area (Å²) in [6.07, 6.45) is 0.287. The summed E-state index contributed by atoms with van der Waals surface area (Å²) in [7, 11) is 0. The molecule has 1 amide bonds. The van der Waals surface area contributed by atoms with Gasteiger partial charge in [0.2, 0.25) is 5.91 Å². The zero-order chi connectivity index (χ0) is 13.8. The minimum absolute atomic E-state index is 0.146. The fourth-order valence-electron chi connectivity index (χ4n) is 1.77. The van der Waals surface area contributed by atoms with Crippen molar-refractivity contribution >= 4 is 11.6 Å². The molecule has 0 bridgehead atoms. The molecule has 98 valence electrons. The molecule has 2 aromatic rings. The van der Waals surface area contributed by atoms with Crippen LogP contribution < -0.4 is 5.32 Å². The SMILES string of the molecule is Cc1ccc(CC(=O)Nc2ccc(C)c(F)c2)cc1. The average molecular weight is 257 g/mol. The van der Waals surface area contributed by atoms with Crippen LogP contribution in [0.15, 0.2) is 42.5 Å². The van der Waals surface area contributed by atoms with E-state index in [0.717, 1.165) is 11.1 Å². The van der Waals surface area contributed by atoms with Crippen LogP contribution in [0.3, 0.4) is 0 Å². The van der Waals surface area contributed by atoms with Crippen LogP contribution in [0.4, 0.5) is 10.1 Å². The first-order valence-electron chi connectivity index (χ1n) is 6.16. The van der Waals surface area contributed by atoms with Gasteiger partial charge in [-0.2, -0.15) is 0 Å². The van der Waals surface area contributed by atoms with Crippen molar-refractivity contribution in [2.75, 3.05) is 5.32 Å². The molecule has 0 aliphatic rings. The molecule has 0 saturated heterocycles. The summed E-state index contributed by atoms with van der Waals surface area (Å²) in [6, 6.07) is 12.5. The van der Waals surface area contributed by atoms with Crippen LogP contribution in [0.1, 0.15) is 16.7 Å². The molecule has 0 saturated carbocycles. The summed E-state index contributed by atoms with van der Waals surface area (Å²) in [5, 5.41) is 2.69. The quantitative estimate of drug-likeness (QED) is 0.894. The first-order valence-corrected chi connectivity index (χ1v) is 6.16. The van der Waals surface area contributed by atoms with E-state index in [1.165, 1.54) is 6.07 Å². The molecule has 0 unspecified atom stereocenters. The summed E-state index contributed by atoms with van der Waals surface area (Å²) in [4.78, 5) is 11.8. The van der Waals surface area contributed by atoms with Crippen molar-refractivity contribution in [3.8, 4) is 0 Å². The normalized spacial score (nSPS) is 10.3. The van der Waals surface area contributed by atoms with Gasteiger partial charge < -0.3 is 5.32 Å². The van der Waals surface area contributed by atoms with E-state index in [2.05, 4.69) is 5.32 Å². The minimum Gasteiger partial charge on any atom is -0.326 e. The molecule has 2 rings (SSSR count). The lowest BCUT2D eigenvalue weighted by molar-refractivity contribution is -0.115. The van der Waals surface area contributed by atoms with Gasteiger partial charge in [-0.3, -0.25) is 4.79 Å². The number of rotatable bonds is 3. The number of aryl methyl sites for hydroxylation is 2. The molecule has 0 aliphatic heterocycles. The van der Waals surface area contributed by atoms with E-state index in [4.69, 9.17) is 0 Å². The largest absolute Gasteiger partial charge is 0.326 e. The number of anilines is 1. The Morgan fingerprint density at radius 3 is 2.42 bits per heavy atom. The molecular formula is C16H16FNO. The summed E-state index contributed by atoms with van der Waals surface area (Å²) in [6.45, 7) is 3.69. The van der Waals surface area contributed by atoms with Crippen LogP contribution in [-0.4, -0.2) is 5.91 Å². The van der Waals surface area contributed by atoms with Gasteiger partial charge in [0.15, 0.2) is 0 Å². The summed E-state index contributed by atoms with van der Waals surface area (Å²) in [5.74, 6) is -0.458. The predicted molar refractivity (Wildman–Crippen MR) is 74.6 cm³/mol. The molecule has 0 heterocycles. The van der Waals surface area contributed by atoms with Gasteiger partial charge in [-0.05, 0) is 37.1 Å². The zero-order valence-corrected chi connectivity index (χ0v) is 11.0. The highest BCUT2D eigenvalue weighted by molar-refractivity contribution is 5.92. The Bertz CT molecular complexity index is 590. The number of halogens is 1. The highest BCUT2D eigenvalue weighted by atomic mass is 19.1. The van der Waals surface area contributed by atoms with Gasteiger partial charge in [0, 0.05) is 5.69 Å². The molecule has 3 heteroatoms. The van der Waals surface area contributed by atoms with Gasteiger partial charge in [-0.15, -0.1) is 0 Å². The summed E-state index contributed by atoms with van der Waals surface area (Å²) < 4.78 is 13.3. The Hall–Kier alpha value is -2.16. The van der Waals surface area contributed by atoms with Crippen LogP contribution in [0.5, 0.6) is 0 Å². The smallest absolute Gasteiger partial charge is 0.228 e. The van der Waals surface area contributed by atoms with E-state index in [1.807, 2.05) is 31.2 Å². The summed E-state index contributed by atoms with van der Waals surface area (Å²) in [5.41, 5.74) is 3.15. The first kappa shape index (κ1) is 13.3. The number of carbonyl (C=O) groups is 1. The van der Waals surface area contributed by atoms with E-state index in [0.29, 0.717) is 11.3 Å². The van der Waals surface area contributed by atoms with Gasteiger partial charge >= 0.3 is 0 Å². The first-order chi connectivity index (χ1) is 9.04. The third kappa shape index (κ3) is 3.65. The maximum absolute atomic E-state index is 13.3. The van der Waals surface area contributed by atoms with Crippen LogP contribution in [-0.2, 0) is 11.2 Å². The molecule has 0 atom stereocenters. The Kier molecular flexibility index (Phi) is 3.95. The Morgan fingerprint density at radius 2 is 1.79 bits per heavy atom. The topological polar surface area (TPSA) is 29.1 Å². The van der Waals surface area contributed by atoms with Crippen LogP contribution in [0.2, 0.25) is 0 Å². The Labute approximate surface area is 112 Å². The van der Waals surface area contributed by atoms with Crippen molar-refractivity contribution in [2.24, 2.45) is 0 Å². The van der Waals surface area contributed by atoms with Crippen molar-refractivity contribution in [1.82, 2.24) is 0 Å². The van der Waals surface area contributed by atoms with Gasteiger partial charge in [-0.25, -0.2) is 4.39 Å². The van der Waals surface area contributed by atoms with E-state index >= 15 is 0 Å². The highest BCUT2D eigenvalue weighted by Gasteiger charge is 2.05. The van der Waals surface area contributed by atoms with Gasteiger partial charge in [0.1, 0.15) is 5.82 Å². The maximum Gasteiger partial charge on any atom is 0.228 e. The number of carbonyl (C=O) groups excluding carboxylic acids is 1. The van der Waals surface area contributed by atoms with Crippen molar-refractivity contribution < 1.29 is 9.18 Å². The van der Waals surface area contributed by atoms with Gasteiger partial charge in [-0.1, -0.05) is 35.9 Å². The van der Waals surface area contributed by atoms with Crippen LogP contribution in [0, 0.1) is 19.7 Å². The highest BCUT2D eigenvalue weighted by Crippen LogP contribution is 2.14. The fourth-order valence-corrected chi connectivity index (χ4v) is 1.77. The second kappa shape index (κ2) is 5.65. The molecule has 0 fully saturated rings. The van der Waals surface area contributed by atoms with Crippen molar-refractivity contribution in [1.29, 1.82) is 0 Å². The molecule has 1 N–H and O–H groups in total. The summed E-state index contributed by atoms with van der Waals surface area (Å²) >= 11 is 0. The lowest BCUT2D eigenvalue weighted by Gasteiger charge is -2.06. The van der Waals surface area contributed by atoms with E-state index in [9.17, 15) is 9.18 Å². The lowest BCUT2D eigenvalue weighted by atomic mass is 10.1. The predicted octanol–water partition coefficient (Wildman–Crippen LogP) is 3.62. The Balaban J connectivity index is 2.01. The molecule has 0 aromatic heterocycles. The van der Waals surface area contributed by atoms with Gasteiger partial charge in [0.25, 0.3) is 0 Å². The third-order valence-electron chi connectivity index (χ3n) is 2.94. The monoisotopic (exact) mass is 257 g/mol. The fraction of sp³-hybridized carbons (Fsp3) is 0.188. The Morgan fingerprint density at radius 1 is 1.11 bits per heavy atom. The maximum atomic E-state index is 13.3. The lowest BCUT2D eigenvalue weighted by Crippen LogP contribution is -2.14. The molecule has 2 nitrogen and oxygen atoms in total. The number of amides is 1. The average Bonchev–Trinajstić information content (AvgIpc) is 2.37. The molecule has 0 spiro atoms. The molecule has 19 heavy (non-hydrogen) atoms. The molecule has 2 aromatic carbocycles. The van der Waals surface area contributed by atoms with Crippen molar-refractivity contribution in [3.05, 3.63) is 65.0 Å². The molecule has 0 radical (unpaired) electrons. The van der Waals surface area contributed by atoms with E-state index < -0.39 is 0 Å². The second-order valence-electron chi connectivity index (χ2n) is 4.67. The van der Waals surface area contributed by atoms with Gasteiger partial charge in [0.05, 0.1) is 6.42 Å². The standard InChI is InChI=1S/C16H16FNO/c1-11-3-6-13(7-4-11)9-16(19)18-14-8-5-12(2)15(17)10-14/h3-8,10H,9H2,1-2H3,(H,18,19). The van der Waals surface area contributed by atoms with Crippen molar-refractivity contribution in [3.63, 3.8) is 0 Å². The molecular weight excluding hydrogens is 241 g/mol. The number of hydrogen-bond acceptors (Lipinski definition) is 1. The van der Waals surface area contributed by atoms with Crippen LogP contribution >= 0.6 is 0 Å². The van der Waals surface area contributed by atoms with Crippen LogP contribution in [0.25, 0.3) is 0 Å². The van der Waals surface area contributed by atoms with Crippen molar-refractivity contribution in [2.45, 2.75) is 20.3 Å². The number of nitrogens with one attached hydrogen (secondary N) is 1. The van der Waals surface area contributed by atoms with E-state index in [-0.39, 0.29) is 18.1 Å². The number of hydrogen-bond donors (Lipinski definition) is 1. The second-order valence-corrected chi connectivity index (χ2v) is 4.67. The minimum atomic E-state index is -0.312. The number of benzene rings is 2. The third-order valence-corrected chi connectivity index (χ3v) is 2.94.